The molecule has 4 nitrogen and oxygen atoms in total. The second-order valence-electron chi connectivity index (χ2n) is 7.00. The number of benzene rings is 3. The molecule has 0 aliphatic carbocycles. The predicted molar refractivity (Wildman–Crippen MR) is 115 cm³/mol. The Morgan fingerprint density at radius 3 is 2.03 bits per heavy atom. The van der Waals surface area contributed by atoms with Crippen molar-refractivity contribution in [1.82, 2.24) is 4.90 Å². The van der Waals surface area contributed by atoms with Gasteiger partial charge in [0.25, 0.3) is 0 Å². The van der Waals surface area contributed by atoms with Crippen molar-refractivity contribution in [3.8, 4) is 0 Å². The molecule has 0 radical (unpaired) electrons. The standard InChI is InChI=1S/C25H24N2O2/c1-3-27-23(20-15-9-5-10-16-20)26-22(19-13-7-4-8-14-19)25(27,24(28)29-2)21-17-11-6-12-18-21/h4-18,22H,3H2,1-2H3. The van der Waals surface area contributed by atoms with Crippen LogP contribution in [-0.2, 0) is 15.1 Å². The van der Waals surface area contributed by atoms with E-state index in [4.69, 9.17) is 9.73 Å². The van der Waals surface area contributed by atoms with Gasteiger partial charge in [0.05, 0.1) is 7.11 Å². The van der Waals surface area contributed by atoms with E-state index >= 15 is 0 Å². The molecule has 1 heterocycles. The first-order chi connectivity index (χ1) is 14.2. The van der Waals surface area contributed by atoms with Crippen LogP contribution in [0.4, 0.5) is 0 Å². The third-order valence-electron chi connectivity index (χ3n) is 5.50. The molecule has 1 aliphatic heterocycles. The summed E-state index contributed by atoms with van der Waals surface area (Å²) < 4.78 is 5.41. The van der Waals surface area contributed by atoms with Gasteiger partial charge < -0.3 is 9.64 Å². The van der Waals surface area contributed by atoms with Crippen LogP contribution < -0.4 is 0 Å². The van der Waals surface area contributed by atoms with Crippen LogP contribution >= 0.6 is 0 Å². The van der Waals surface area contributed by atoms with E-state index in [-0.39, 0.29) is 5.97 Å². The highest BCUT2D eigenvalue weighted by Crippen LogP contribution is 2.49. The number of nitrogens with zero attached hydrogens (tertiary/aromatic N) is 2. The molecule has 2 atom stereocenters. The topological polar surface area (TPSA) is 41.9 Å². The number of likely N-dealkylation sites (N-methyl/N-ethyl adjacent to an activating group) is 1. The van der Waals surface area contributed by atoms with E-state index < -0.39 is 11.6 Å². The van der Waals surface area contributed by atoms with Crippen molar-refractivity contribution in [2.24, 2.45) is 4.99 Å². The van der Waals surface area contributed by atoms with Gasteiger partial charge in [0.2, 0.25) is 0 Å². The summed E-state index contributed by atoms with van der Waals surface area (Å²) in [6, 6.07) is 29.4. The van der Waals surface area contributed by atoms with Gasteiger partial charge in [-0.25, -0.2) is 4.79 Å². The summed E-state index contributed by atoms with van der Waals surface area (Å²) >= 11 is 0. The average molecular weight is 384 g/mol. The van der Waals surface area contributed by atoms with Crippen molar-refractivity contribution in [2.75, 3.05) is 13.7 Å². The zero-order valence-corrected chi connectivity index (χ0v) is 16.7. The second kappa shape index (κ2) is 7.92. The molecule has 29 heavy (non-hydrogen) atoms. The Labute approximate surface area is 171 Å². The van der Waals surface area contributed by atoms with E-state index in [1.54, 1.807) is 0 Å². The Bertz CT molecular complexity index is 1000. The van der Waals surface area contributed by atoms with Crippen molar-refractivity contribution in [1.29, 1.82) is 0 Å². The average Bonchev–Trinajstić information content (AvgIpc) is 3.16. The second-order valence-corrected chi connectivity index (χ2v) is 7.00. The maximum Gasteiger partial charge on any atom is 0.339 e. The first-order valence-corrected chi connectivity index (χ1v) is 9.83. The van der Waals surface area contributed by atoms with Gasteiger partial charge in [-0.3, -0.25) is 4.99 Å². The highest BCUT2D eigenvalue weighted by Gasteiger charge is 2.58. The minimum Gasteiger partial charge on any atom is -0.467 e. The minimum atomic E-state index is -1.07. The van der Waals surface area contributed by atoms with E-state index in [9.17, 15) is 4.79 Å². The summed E-state index contributed by atoms with van der Waals surface area (Å²) in [5.41, 5.74) is 1.76. The number of hydrogen-bond acceptors (Lipinski definition) is 4. The summed E-state index contributed by atoms with van der Waals surface area (Å²) in [6.07, 6.45) is 0. The largest absolute Gasteiger partial charge is 0.467 e. The molecule has 4 heteroatoms. The number of rotatable bonds is 5. The third kappa shape index (κ3) is 3.01. The number of carbonyl (C=O) groups excluding carboxylic acids is 1. The van der Waals surface area contributed by atoms with Gasteiger partial charge in [0.15, 0.2) is 5.54 Å². The van der Waals surface area contributed by atoms with E-state index in [0.717, 1.165) is 22.5 Å². The van der Waals surface area contributed by atoms with Gasteiger partial charge in [-0.2, -0.15) is 0 Å². The van der Waals surface area contributed by atoms with Crippen LogP contribution in [-0.4, -0.2) is 30.4 Å². The molecular formula is C25H24N2O2. The van der Waals surface area contributed by atoms with Crippen LogP contribution in [0.25, 0.3) is 0 Å². The molecule has 0 saturated carbocycles. The quantitative estimate of drug-likeness (QED) is 0.605. The Hall–Kier alpha value is -3.40. The number of amidine groups is 1. The van der Waals surface area contributed by atoms with Crippen molar-refractivity contribution >= 4 is 11.8 Å². The van der Waals surface area contributed by atoms with Crippen molar-refractivity contribution in [2.45, 2.75) is 18.5 Å². The fourth-order valence-electron chi connectivity index (χ4n) is 4.27. The normalized spacial score (nSPS) is 21.0. The Morgan fingerprint density at radius 2 is 1.48 bits per heavy atom. The van der Waals surface area contributed by atoms with Gasteiger partial charge in [0.1, 0.15) is 11.9 Å². The van der Waals surface area contributed by atoms with Gasteiger partial charge in [0, 0.05) is 12.1 Å². The van der Waals surface area contributed by atoms with Crippen LogP contribution in [0.1, 0.15) is 29.7 Å². The third-order valence-corrected chi connectivity index (χ3v) is 5.50. The molecule has 0 bridgehead atoms. The van der Waals surface area contributed by atoms with Crippen molar-refractivity contribution in [3.63, 3.8) is 0 Å². The Morgan fingerprint density at radius 1 is 0.931 bits per heavy atom. The lowest BCUT2D eigenvalue weighted by Gasteiger charge is -2.41. The molecule has 0 amide bonds. The lowest BCUT2D eigenvalue weighted by Crippen LogP contribution is -2.54. The zero-order valence-electron chi connectivity index (χ0n) is 16.7. The van der Waals surface area contributed by atoms with Gasteiger partial charge in [-0.1, -0.05) is 91.0 Å². The van der Waals surface area contributed by atoms with Crippen molar-refractivity contribution < 1.29 is 9.53 Å². The molecule has 2 unspecified atom stereocenters. The van der Waals surface area contributed by atoms with E-state index in [1.165, 1.54) is 7.11 Å². The number of hydrogen-bond donors (Lipinski definition) is 0. The number of ether oxygens (including phenoxy) is 1. The number of methoxy groups -OCH3 is 1. The lowest BCUT2D eigenvalue weighted by molar-refractivity contribution is -0.154. The summed E-state index contributed by atoms with van der Waals surface area (Å²) in [7, 11) is 1.45. The van der Waals surface area contributed by atoms with Crippen LogP contribution in [0.3, 0.4) is 0 Å². The lowest BCUT2D eigenvalue weighted by atomic mass is 9.79. The molecule has 4 rings (SSSR count). The van der Waals surface area contributed by atoms with Crippen LogP contribution in [0, 0.1) is 0 Å². The van der Waals surface area contributed by atoms with Crippen LogP contribution in [0.2, 0.25) is 0 Å². The van der Waals surface area contributed by atoms with Crippen LogP contribution in [0.15, 0.2) is 96.0 Å². The smallest absolute Gasteiger partial charge is 0.339 e. The summed E-state index contributed by atoms with van der Waals surface area (Å²) in [5, 5.41) is 0. The zero-order chi connectivity index (χ0) is 20.3. The number of aliphatic imine (C=N–C) groups is 1. The van der Waals surface area contributed by atoms with E-state index in [0.29, 0.717) is 6.54 Å². The summed E-state index contributed by atoms with van der Waals surface area (Å²) in [4.78, 5) is 20.7. The molecule has 0 saturated heterocycles. The molecule has 146 valence electrons. The fraction of sp³-hybridized carbons (Fsp3) is 0.200. The maximum atomic E-state index is 13.5. The SMILES string of the molecule is CCN1C(c2ccccc2)=NC(c2ccccc2)C1(C(=O)OC)c1ccccc1. The number of esters is 1. The molecule has 0 spiro atoms. The van der Waals surface area contributed by atoms with Gasteiger partial charge in [-0.05, 0) is 18.1 Å². The Kier molecular flexibility index (Phi) is 5.17. The van der Waals surface area contributed by atoms with E-state index in [1.807, 2.05) is 97.9 Å². The van der Waals surface area contributed by atoms with Gasteiger partial charge in [-0.15, -0.1) is 0 Å². The fourth-order valence-corrected chi connectivity index (χ4v) is 4.27. The molecule has 0 N–H and O–H groups in total. The van der Waals surface area contributed by atoms with Crippen molar-refractivity contribution in [3.05, 3.63) is 108 Å². The van der Waals surface area contributed by atoms with Crippen LogP contribution in [0.5, 0.6) is 0 Å². The highest BCUT2D eigenvalue weighted by atomic mass is 16.5. The summed E-state index contributed by atoms with van der Waals surface area (Å²) in [6.45, 7) is 2.66. The first kappa shape index (κ1) is 18.9. The van der Waals surface area contributed by atoms with E-state index in [2.05, 4.69) is 4.90 Å². The monoisotopic (exact) mass is 384 g/mol. The molecular weight excluding hydrogens is 360 g/mol. The Balaban J connectivity index is 2.01. The molecule has 0 fully saturated rings. The molecule has 3 aromatic rings. The highest BCUT2D eigenvalue weighted by molar-refractivity contribution is 6.05. The summed E-state index contributed by atoms with van der Waals surface area (Å²) in [5.74, 6) is 0.491. The first-order valence-electron chi connectivity index (χ1n) is 9.83. The maximum absolute atomic E-state index is 13.5. The minimum absolute atomic E-state index is 0.311. The predicted octanol–water partition coefficient (Wildman–Crippen LogP) is 4.58. The molecule has 0 aromatic heterocycles. The molecule has 1 aliphatic rings. The molecule has 3 aromatic carbocycles. The number of carbonyl (C=O) groups is 1. The van der Waals surface area contributed by atoms with Gasteiger partial charge >= 0.3 is 5.97 Å².